The lowest BCUT2D eigenvalue weighted by atomic mass is 10.1. The molecule has 0 aliphatic carbocycles. The van der Waals surface area contributed by atoms with Crippen LogP contribution in [-0.4, -0.2) is 7.11 Å². The Morgan fingerprint density at radius 1 is 1.00 bits per heavy atom. The van der Waals surface area contributed by atoms with Gasteiger partial charge in [0.05, 0.1) is 12.8 Å². The predicted octanol–water partition coefficient (Wildman–Crippen LogP) is 3.66. The molecule has 2 aromatic rings. The maximum Gasteiger partial charge on any atom is 0.196 e. The molecule has 0 aliphatic heterocycles. The average molecular weight is 243 g/mol. The van der Waals surface area contributed by atoms with Gasteiger partial charge in [0.2, 0.25) is 0 Å². The van der Waals surface area contributed by atoms with Gasteiger partial charge in [0.15, 0.2) is 11.5 Å². The number of ether oxygens (including phenoxy) is 1. The zero-order valence-electron chi connectivity index (χ0n) is 10.6. The largest absolute Gasteiger partial charge is 0.493 e. The lowest BCUT2D eigenvalue weighted by molar-refractivity contribution is 0.350. The summed E-state index contributed by atoms with van der Waals surface area (Å²) in [5.74, 6) is 1.41. The van der Waals surface area contributed by atoms with E-state index in [0.717, 1.165) is 17.9 Å². The van der Waals surface area contributed by atoms with Gasteiger partial charge >= 0.3 is 0 Å². The molecule has 0 amide bonds. The van der Waals surface area contributed by atoms with Crippen molar-refractivity contribution in [2.45, 2.75) is 13.3 Å². The normalized spacial score (nSPS) is 9.89. The van der Waals surface area contributed by atoms with E-state index in [4.69, 9.17) is 9.57 Å². The molecule has 0 unspecified atom stereocenters. The summed E-state index contributed by atoms with van der Waals surface area (Å²) in [7, 11) is 1.64. The van der Waals surface area contributed by atoms with Crippen LogP contribution in [-0.2, 0) is 6.42 Å². The minimum atomic E-state index is 0.679. The highest BCUT2D eigenvalue weighted by Crippen LogP contribution is 2.28. The van der Waals surface area contributed by atoms with Crippen LogP contribution in [0.5, 0.6) is 11.5 Å². The first-order valence-electron chi connectivity index (χ1n) is 5.98. The molecule has 3 heteroatoms. The van der Waals surface area contributed by atoms with Crippen molar-refractivity contribution in [3.63, 3.8) is 0 Å². The molecule has 0 saturated carbocycles. The maximum absolute atomic E-state index is 5.54. The summed E-state index contributed by atoms with van der Waals surface area (Å²) in [6.07, 6.45) is 0.975. The second-order valence-corrected chi connectivity index (χ2v) is 3.91. The summed E-state index contributed by atoms with van der Waals surface area (Å²) in [5, 5.41) is 0. The molecule has 2 rings (SSSR count). The van der Waals surface area contributed by atoms with E-state index < -0.39 is 0 Å². The second-order valence-electron chi connectivity index (χ2n) is 3.91. The first-order valence-corrected chi connectivity index (χ1v) is 5.98. The molecule has 0 atom stereocenters. The molecule has 0 heterocycles. The zero-order chi connectivity index (χ0) is 12.8. The Bertz CT molecular complexity index is 497. The molecule has 0 radical (unpaired) electrons. The molecule has 94 valence electrons. The van der Waals surface area contributed by atoms with Gasteiger partial charge in [-0.25, -0.2) is 5.48 Å². The third kappa shape index (κ3) is 2.94. The fourth-order valence-corrected chi connectivity index (χ4v) is 1.64. The predicted molar refractivity (Wildman–Crippen MR) is 73.1 cm³/mol. The van der Waals surface area contributed by atoms with E-state index in [-0.39, 0.29) is 0 Å². The summed E-state index contributed by atoms with van der Waals surface area (Å²) in [6, 6.07) is 15.7. The van der Waals surface area contributed by atoms with Gasteiger partial charge in [0.1, 0.15) is 0 Å². The van der Waals surface area contributed by atoms with Crippen molar-refractivity contribution in [3.05, 3.63) is 54.1 Å². The number of para-hydroxylation sites is 1. The third-order valence-electron chi connectivity index (χ3n) is 2.69. The van der Waals surface area contributed by atoms with Gasteiger partial charge in [-0.3, -0.25) is 0 Å². The molecule has 0 aromatic heterocycles. The van der Waals surface area contributed by atoms with Crippen molar-refractivity contribution in [1.29, 1.82) is 0 Å². The SMILES string of the molecule is CCc1ccc(ONc2ccccc2)c(OC)c1. The first-order chi connectivity index (χ1) is 8.83. The minimum absolute atomic E-state index is 0.679. The molecule has 18 heavy (non-hydrogen) atoms. The molecule has 0 aliphatic rings. The van der Waals surface area contributed by atoms with Crippen LogP contribution in [0.25, 0.3) is 0 Å². The summed E-state index contributed by atoms with van der Waals surface area (Å²) in [6.45, 7) is 2.11. The third-order valence-corrected chi connectivity index (χ3v) is 2.69. The van der Waals surface area contributed by atoms with E-state index >= 15 is 0 Å². The highest BCUT2D eigenvalue weighted by molar-refractivity contribution is 5.46. The van der Waals surface area contributed by atoms with Gasteiger partial charge in [-0.15, -0.1) is 0 Å². The fourth-order valence-electron chi connectivity index (χ4n) is 1.64. The topological polar surface area (TPSA) is 30.5 Å². The van der Waals surface area contributed by atoms with Crippen molar-refractivity contribution < 1.29 is 9.57 Å². The van der Waals surface area contributed by atoms with Crippen LogP contribution in [0.4, 0.5) is 5.69 Å². The Morgan fingerprint density at radius 2 is 1.78 bits per heavy atom. The number of rotatable bonds is 5. The molecule has 0 fully saturated rings. The van der Waals surface area contributed by atoms with E-state index in [1.807, 2.05) is 48.5 Å². The molecule has 0 saturated heterocycles. The van der Waals surface area contributed by atoms with E-state index in [0.29, 0.717) is 5.75 Å². The highest BCUT2D eigenvalue weighted by atomic mass is 16.7. The number of benzene rings is 2. The number of aryl methyl sites for hydroxylation is 1. The summed E-state index contributed by atoms with van der Waals surface area (Å²) in [5.41, 5.74) is 5.02. The molecule has 2 aromatic carbocycles. The number of methoxy groups -OCH3 is 1. The maximum atomic E-state index is 5.54. The Kier molecular flexibility index (Phi) is 4.07. The van der Waals surface area contributed by atoms with Crippen LogP contribution in [0.3, 0.4) is 0 Å². The van der Waals surface area contributed by atoms with Crippen molar-refractivity contribution in [2.24, 2.45) is 0 Å². The quantitative estimate of drug-likeness (QED) is 0.813. The van der Waals surface area contributed by atoms with Gasteiger partial charge in [-0.05, 0) is 36.2 Å². The number of hydrogen-bond acceptors (Lipinski definition) is 3. The van der Waals surface area contributed by atoms with Gasteiger partial charge < -0.3 is 9.57 Å². The van der Waals surface area contributed by atoms with Crippen molar-refractivity contribution in [2.75, 3.05) is 12.6 Å². The van der Waals surface area contributed by atoms with Crippen LogP contribution >= 0.6 is 0 Å². The first kappa shape index (κ1) is 12.3. The van der Waals surface area contributed by atoms with Crippen LogP contribution < -0.4 is 15.1 Å². The summed E-state index contributed by atoms with van der Waals surface area (Å²) in [4.78, 5) is 5.54. The lowest BCUT2D eigenvalue weighted by Crippen LogP contribution is -2.05. The summed E-state index contributed by atoms with van der Waals surface area (Å²) < 4.78 is 5.31. The monoisotopic (exact) mass is 243 g/mol. The smallest absolute Gasteiger partial charge is 0.196 e. The van der Waals surface area contributed by atoms with Gasteiger partial charge in [-0.2, -0.15) is 0 Å². The van der Waals surface area contributed by atoms with Crippen LogP contribution in [0, 0.1) is 0 Å². The zero-order valence-corrected chi connectivity index (χ0v) is 10.6. The van der Waals surface area contributed by atoms with E-state index in [1.165, 1.54) is 5.56 Å². The van der Waals surface area contributed by atoms with Crippen LogP contribution in [0.1, 0.15) is 12.5 Å². The van der Waals surface area contributed by atoms with Crippen molar-refractivity contribution in [3.8, 4) is 11.5 Å². The van der Waals surface area contributed by atoms with E-state index in [1.54, 1.807) is 7.11 Å². The Hall–Kier alpha value is -2.16. The number of anilines is 1. The Labute approximate surface area is 107 Å². The second kappa shape index (κ2) is 5.96. The van der Waals surface area contributed by atoms with Gasteiger partial charge in [-0.1, -0.05) is 31.2 Å². The molecule has 3 nitrogen and oxygen atoms in total. The van der Waals surface area contributed by atoms with E-state index in [2.05, 4.69) is 12.4 Å². The van der Waals surface area contributed by atoms with Gasteiger partial charge in [0.25, 0.3) is 0 Å². The van der Waals surface area contributed by atoms with Crippen LogP contribution in [0.15, 0.2) is 48.5 Å². The molecule has 0 bridgehead atoms. The lowest BCUT2D eigenvalue weighted by Gasteiger charge is -2.12. The number of nitrogens with one attached hydrogen (secondary N) is 1. The fraction of sp³-hybridized carbons (Fsp3) is 0.200. The Balaban J connectivity index is 2.09. The molecule has 1 N–H and O–H groups in total. The van der Waals surface area contributed by atoms with Crippen molar-refractivity contribution in [1.82, 2.24) is 0 Å². The van der Waals surface area contributed by atoms with Crippen molar-refractivity contribution >= 4 is 5.69 Å². The Morgan fingerprint density at radius 3 is 2.44 bits per heavy atom. The average Bonchev–Trinajstić information content (AvgIpc) is 2.46. The molecule has 0 spiro atoms. The van der Waals surface area contributed by atoms with E-state index in [9.17, 15) is 0 Å². The minimum Gasteiger partial charge on any atom is -0.493 e. The highest BCUT2D eigenvalue weighted by Gasteiger charge is 2.05. The van der Waals surface area contributed by atoms with Crippen LogP contribution in [0.2, 0.25) is 0 Å². The van der Waals surface area contributed by atoms with Gasteiger partial charge in [0, 0.05) is 0 Å². The number of hydrogen-bond donors (Lipinski definition) is 1. The summed E-state index contributed by atoms with van der Waals surface area (Å²) >= 11 is 0. The standard InChI is InChI=1S/C15H17NO2/c1-3-12-9-10-14(15(11-12)17-2)18-16-13-7-5-4-6-8-13/h4-11,16H,3H2,1-2H3. The molecular formula is C15H17NO2. The molecular weight excluding hydrogens is 226 g/mol.